The van der Waals surface area contributed by atoms with Crippen LogP contribution in [0.4, 0.5) is 8.78 Å². The minimum Gasteiger partial charge on any atom is -0.371 e. The number of fused-ring (bicyclic) bond motifs is 2. The number of benzene rings is 1. The molecule has 18 heteroatoms. The van der Waals surface area contributed by atoms with Gasteiger partial charge in [0.05, 0.1) is 33.9 Å². The molecule has 3 aromatic rings. The number of thiophene rings is 1. The summed E-state index contributed by atoms with van der Waals surface area (Å²) in [5.74, 6) is -2.11. The van der Waals surface area contributed by atoms with Crippen LogP contribution < -0.4 is 5.32 Å². The van der Waals surface area contributed by atoms with E-state index in [0.717, 1.165) is 28.3 Å². The number of hydrogen-bond donors (Lipinski definition) is 3. The van der Waals surface area contributed by atoms with E-state index in [0.29, 0.717) is 56.6 Å². The van der Waals surface area contributed by atoms with Gasteiger partial charge < -0.3 is 34.5 Å². The molecule has 0 radical (unpaired) electrons. The van der Waals surface area contributed by atoms with Crippen molar-refractivity contribution in [3.63, 3.8) is 0 Å². The molecule has 3 N–H and O–H groups in total. The van der Waals surface area contributed by atoms with Gasteiger partial charge in [-0.3, -0.25) is 28.7 Å². The van der Waals surface area contributed by atoms with Crippen LogP contribution in [0, 0.1) is 5.92 Å². The Morgan fingerprint density at radius 3 is 2.59 bits per heavy atom. The monoisotopic (exact) mass is 739 g/mol. The highest BCUT2D eigenvalue weighted by Crippen LogP contribution is 2.59. The molecule has 4 amide bonds. The van der Waals surface area contributed by atoms with Gasteiger partial charge in [0, 0.05) is 62.1 Å². The molecule has 2 aromatic heterocycles. The fourth-order valence-electron chi connectivity index (χ4n) is 6.73. The van der Waals surface area contributed by atoms with E-state index in [9.17, 15) is 32.5 Å². The van der Waals surface area contributed by atoms with Gasteiger partial charge in [-0.05, 0) is 49.3 Å². The van der Waals surface area contributed by atoms with Crippen LogP contribution in [-0.2, 0) is 36.0 Å². The van der Waals surface area contributed by atoms with Crippen LogP contribution in [0.5, 0.6) is 0 Å². The Morgan fingerprint density at radius 1 is 1.10 bits per heavy atom. The molecule has 0 aliphatic carbocycles. The fraction of sp³-hybridized carbons (Fsp3) is 0.516. The highest BCUT2D eigenvalue weighted by Gasteiger charge is 2.50. The third-order valence-corrected chi connectivity index (χ3v) is 12.2. The second-order valence-electron chi connectivity index (χ2n) is 12.6. The first-order chi connectivity index (χ1) is 23.2. The lowest BCUT2D eigenvalue weighted by Gasteiger charge is -2.39. The van der Waals surface area contributed by atoms with Crippen LogP contribution in [0.3, 0.4) is 0 Å². The molecule has 0 saturated carbocycles. The lowest BCUT2D eigenvalue weighted by molar-refractivity contribution is -0.150. The number of halogens is 2. The van der Waals surface area contributed by atoms with E-state index in [1.165, 1.54) is 30.4 Å². The third-order valence-electron chi connectivity index (χ3n) is 9.37. The van der Waals surface area contributed by atoms with E-state index in [4.69, 9.17) is 14.5 Å². The lowest BCUT2D eigenvalue weighted by Crippen LogP contribution is -2.57. The summed E-state index contributed by atoms with van der Waals surface area (Å²) in [5, 5.41) is 2.94. The Kier molecular flexibility index (Phi) is 10.2. The fourth-order valence-corrected chi connectivity index (χ4v) is 8.68. The molecule has 2 unspecified atom stereocenters. The molecule has 13 nitrogen and oxygen atoms in total. The van der Waals surface area contributed by atoms with E-state index in [-0.39, 0.29) is 53.2 Å². The standard InChI is InChI=1S/C31H36F2N5O8PS2/c1-18(39)36-8-6-22-3-4-25(30(42)37-9-7-23(15-37)46-16-24-13-34-17-48-24)38(22)29(41)20(14-36)12-35-28(40)27-11-19-10-21(2-5-26(19)49-27)31(32,33)47(43,44)45/h2,5,10-11,13,17,20,22-23,25H,3-4,6-9,12,14-16H2,1H3,(H,35,40)(H2,43,44,45)/t20?,22-,23?,25+/m1/s1. The van der Waals surface area contributed by atoms with Crippen molar-refractivity contribution in [2.45, 2.75) is 63.1 Å². The molecule has 6 rings (SSSR count). The number of nitrogens with zero attached hydrogens (tertiary/aromatic N) is 4. The highest BCUT2D eigenvalue weighted by molar-refractivity contribution is 7.52. The van der Waals surface area contributed by atoms with E-state index >= 15 is 0 Å². The van der Waals surface area contributed by atoms with Gasteiger partial charge in [0.15, 0.2) is 0 Å². The number of thiazole rings is 1. The summed E-state index contributed by atoms with van der Waals surface area (Å²) in [4.78, 5) is 82.1. The number of amides is 4. The zero-order chi connectivity index (χ0) is 35.1. The largest absolute Gasteiger partial charge is 0.399 e. The van der Waals surface area contributed by atoms with Gasteiger partial charge in [-0.1, -0.05) is 6.07 Å². The topological polar surface area (TPSA) is 170 Å². The Labute approximate surface area is 288 Å². The number of carbonyl (C=O) groups excluding carboxylic acids is 4. The number of aromatic nitrogens is 1. The van der Waals surface area contributed by atoms with E-state index in [1.54, 1.807) is 26.4 Å². The molecule has 1 aromatic carbocycles. The molecular formula is C31H36F2N5O8PS2. The van der Waals surface area contributed by atoms with Gasteiger partial charge in [0.1, 0.15) is 6.04 Å². The first-order valence-electron chi connectivity index (χ1n) is 15.8. The second kappa shape index (κ2) is 14.1. The molecule has 3 aliphatic rings. The van der Waals surface area contributed by atoms with Gasteiger partial charge in [-0.2, -0.15) is 8.78 Å². The number of nitrogens with one attached hydrogen (secondary N) is 1. The summed E-state index contributed by atoms with van der Waals surface area (Å²) in [6.07, 6.45) is 3.93. The minimum absolute atomic E-state index is 0.0447. The highest BCUT2D eigenvalue weighted by atomic mass is 32.1. The lowest BCUT2D eigenvalue weighted by atomic mass is 10.0. The number of likely N-dealkylation sites (tertiary alicyclic amines) is 1. The Hall–Kier alpha value is -3.34. The predicted molar refractivity (Wildman–Crippen MR) is 176 cm³/mol. The summed E-state index contributed by atoms with van der Waals surface area (Å²) < 4.78 is 46.4. The Bertz CT molecular complexity index is 1790. The maximum Gasteiger partial charge on any atom is 0.399 e. The molecule has 264 valence electrons. The van der Waals surface area contributed by atoms with Crippen LogP contribution in [0.25, 0.3) is 10.1 Å². The average molecular weight is 740 g/mol. The van der Waals surface area contributed by atoms with Gasteiger partial charge in [0.25, 0.3) is 5.91 Å². The minimum atomic E-state index is -5.78. The predicted octanol–water partition coefficient (Wildman–Crippen LogP) is 3.36. The molecule has 0 bridgehead atoms. The van der Waals surface area contributed by atoms with Crippen molar-refractivity contribution in [2.75, 3.05) is 32.7 Å². The summed E-state index contributed by atoms with van der Waals surface area (Å²) in [5.41, 5.74) is -3.54. The SMILES string of the molecule is CC(=O)N1CC[C@H]2CC[C@@H](C(=O)N3CCC(OCc4cncs4)C3)N2C(=O)C(CNC(=O)c2cc3cc(C(F)(F)P(=O)(O)O)ccc3s2)C1. The van der Waals surface area contributed by atoms with Crippen molar-refractivity contribution < 1.29 is 47.0 Å². The van der Waals surface area contributed by atoms with E-state index < -0.39 is 36.7 Å². The average Bonchev–Trinajstić information content (AvgIpc) is 3.87. The Morgan fingerprint density at radius 2 is 1.88 bits per heavy atom. The van der Waals surface area contributed by atoms with Crippen LogP contribution in [0.15, 0.2) is 36.0 Å². The van der Waals surface area contributed by atoms with Crippen molar-refractivity contribution in [1.29, 1.82) is 0 Å². The smallest absolute Gasteiger partial charge is 0.371 e. The number of alkyl halides is 2. The van der Waals surface area contributed by atoms with Crippen LogP contribution in [0.1, 0.15) is 52.7 Å². The molecule has 3 fully saturated rings. The summed E-state index contributed by atoms with van der Waals surface area (Å²) >= 11 is 2.49. The zero-order valence-corrected chi connectivity index (χ0v) is 29.0. The van der Waals surface area contributed by atoms with E-state index in [1.807, 2.05) is 0 Å². The Balaban J connectivity index is 1.14. The summed E-state index contributed by atoms with van der Waals surface area (Å²) in [6, 6.07) is 3.54. The van der Waals surface area contributed by atoms with Gasteiger partial charge in [0.2, 0.25) is 17.7 Å². The molecule has 0 spiro atoms. The van der Waals surface area contributed by atoms with Crippen molar-refractivity contribution in [3.8, 4) is 0 Å². The first kappa shape index (κ1) is 35.5. The van der Waals surface area contributed by atoms with Gasteiger partial charge in [-0.15, -0.1) is 22.7 Å². The van der Waals surface area contributed by atoms with Crippen LogP contribution in [-0.4, -0.2) is 104 Å². The van der Waals surface area contributed by atoms with Gasteiger partial charge in [-0.25, -0.2) is 0 Å². The quantitative estimate of drug-likeness (QED) is 0.279. The maximum atomic E-state index is 14.3. The van der Waals surface area contributed by atoms with Gasteiger partial charge >= 0.3 is 13.3 Å². The number of rotatable bonds is 9. The molecule has 49 heavy (non-hydrogen) atoms. The maximum absolute atomic E-state index is 14.3. The van der Waals surface area contributed by atoms with Crippen LogP contribution >= 0.6 is 30.3 Å². The number of carbonyl (C=O) groups is 4. The van der Waals surface area contributed by atoms with Crippen molar-refractivity contribution in [3.05, 3.63) is 51.3 Å². The normalized spacial score (nSPS) is 23.4. The van der Waals surface area contributed by atoms with Crippen molar-refractivity contribution in [1.82, 2.24) is 25.0 Å². The van der Waals surface area contributed by atoms with Crippen molar-refractivity contribution >= 4 is 64.0 Å². The molecule has 4 atom stereocenters. The molecule has 5 heterocycles. The second-order valence-corrected chi connectivity index (χ2v) is 16.3. The van der Waals surface area contributed by atoms with E-state index in [2.05, 4.69) is 10.3 Å². The summed E-state index contributed by atoms with van der Waals surface area (Å²) in [7, 11) is -5.78. The zero-order valence-electron chi connectivity index (χ0n) is 26.5. The number of hydrogen-bond acceptors (Lipinski definition) is 9. The molecule has 3 saturated heterocycles. The molecular weight excluding hydrogens is 703 g/mol. The number of ether oxygens (including phenoxy) is 1. The van der Waals surface area contributed by atoms with Crippen molar-refractivity contribution in [2.24, 2.45) is 5.92 Å². The van der Waals surface area contributed by atoms with Crippen LogP contribution in [0.2, 0.25) is 0 Å². The third kappa shape index (κ3) is 7.42. The first-order valence-corrected chi connectivity index (χ1v) is 19.1. The molecule has 3 aliphatic heterocycles. The summed E-state index contributed by atoms with van der Waals surface area (Å²) in [6.45, 7) is 3.07.